The van der Waals surface area contributed by atoms with Crippen LogP contribution in [0.25, 0.3) is 0 Å². The number of benzene rings is 2. The largest absolute Gasteiger partial charge is 0.479 e. The van der Waals surface area contributed by atoms with Gasteiger partial charge in [0.25, 0.3) is 0 Å². The summed E-state index contributed by atoms with van der Waals surface area (Å²) in [6.45, 7) is 0.0882. The number of hydrogen-bond donors (Lipinski definition) is 2. The van der Waals surface area contributed by atoms with Crippen LogP contribution in [0.5, 0.6) is 0 Å². The Balaban J connectivity index is 1.88. The third-order valence-corrected chi connectivity index (χ3v) is 2.95. The van der Waals surface area contributed by atoms with Crippen molar-refractivity contribution >= 4 is 12.1 Å². The van der Waals surface area contributed by atoms with Gasteiger partial charge >= 0.3 is 12.1 Å². The van der Waals surface area contributed by atoms with E-state index in [0.717, 1.165) is 11.1 Å². The van der Waals surface area contributed by atoms with Crippen LogP contribution in [0.2, 0.25) is 0 Å². The summed E-state index contributed by atoms with van der Waals surface area (Å²) in [5.41, 5.74) is 1.63. The lowest BCUT2D eigenvalue weighted by molar-refractivity contribution is -0.135. The Kier molecular flexibility index (Phi) is 5.54. The molecule has 0 saturated heterocycles. The van der Waals surface area contributed by atoms with Crippen molar-refractivity contribution in [3.05, 3.63) is 77.8 Å². The van der Waals surface area contributed by atoms with Crippen LogP contribution in [-0.2, 0) is 22.6 Å². The van der Waals surface area contributed by atoms with E-state index in [9.17, 15) is 9.59 Å². The highest BCUT2D eigenvalue weighted by atomic mass is 16.5. The van der Waals surface area contributed by atoms with Crippen LogP contribution in [0, 0.1) is 6.04 Å². The first-order chi connectivity index (χ1) is 10.6. The van der Waals surface area contributed by atoms with Crippen molar-refractivity contribution < 1.29 is 19.4 Å². The molecule has 2 aromatic carbocycles. The molecule has 0 aromatic heterocycles. The molecule has 0 spiro atoms. The first kappa shape index (κ1) is 15.6. The molecule has 5 nitrogen and oxygen atoms in total. The molecule has 0 aliphatic carbocycles. The van der Waals surface area contributed by atoms with Crippen molar-refractivity contribution in [2.75, 3.05) is 0 Å². The summed E-state index contributed by atoms with van der Waals surface area (Å²) >= 11 is 0. The molecule has 5 heteroatoms. The highest BCUT2D eigenvalue weighted by molar-refractivity contribution is 5.87. The lowest BCUT2D eigenvalue weighted by Crippen LogP contribution is -2.35. The number of nitrogens with one attached hydrogen (secondary N) is 1. The molecule has 2 aromatic rings. The number of carbonyl (C=O) groups excluding carboxylic acids is 1. The number of rotatable bonds is 6. The standard InChI is InChI=1S/C17H16NO4/c19-16(20)15(11-13-7-3-1-4-8-13)18-17(21)22-12-14-9-5-2-6-10-14/h1-10H,11-12H2,(H,18,21)(H,19,20). The summed E-state index contributed by atoms with van der Waals surface area (Å²) in [5, 5.41) is 11.5. The number of ether oxygens (including phenoxy) is 1. The minimum Gasteiger partial charge on any atom is -0.479 e. The van der Waals surface area contributed by atoms with Gasteiger partial charge < -0.3 is 15.2 Å². The fraction of sp³-hybridized carbons (Fsp3) is 0.118. The van der Waals surface area contributed by atoms with Gasteiger partial charge in [-0.25, -0.2) is 9.59 Å². The summed E-state index contributed by atoms with van der Waals surface area (Å²) < 4.78 is 5.01. The second-order valence-corrected chi connectivity index (χ2v) is 4.63. The first-order valence-electron chi connectivity index (χ1n) is 6.76. The van der Waals surface area contributed by atoms with Gasteiger partial charge in [-0.15, -0.1) is 0 Å². The van der Waals surface area contributed by atoms with Gasteiger partial charge in [-0.05, 0) is 11.1 Å². The number of carboxylic acid groups (broad SMARTS) is 1. The Morgan fingerprint density at radius 3 is 2.00 bits per heavy atom. The first-order valence-corrected chi connectivity index (χ1v) is 6.76. The van der Waals surface area contributed by atoms with Crippen molar-refractivity contribution in [1.82, 2.24) is 5.32 Å². The SMILES string of the molecule is O=C(N[C](Cc1ccccc1)C(=O)O)OCc1ccccc1. The van der Waals surface area contributed by atoms with E-state index in [1.54, 1.807) is 12.1 Å². The lowest BCUT2D eigenvalue weighted by Gasteiger charge is -2.13. The monoisotopic (exact) mass is 298 g/mol. The molecular weight excluding hydrogens is 282 g/mol. The van der Waals surface area contributed by atoms with E-state index in [-0.39, 0.29) is 19.1 Å². The average molecular weight is 298 g/mol. The predicted molar refractivity (Wildman–Crippen MR) is 80.8 cm³/mol. The van der Waals surface area contributed by atoms with E-state index in [1.165, 1.54) is 0 Å². The van der Waals surface area contributed by atoms with E-state index < -0.39 is 12.1 Å². The van der Waals surface area contributed by atoms with Crippen molar-refractivity contribution in [3.63, 3.8) is 0 Å². The van der Waals surface area contributed by atoms with Crippen LogP contribution in [0.3, 0.4) is 0 Å². The van der Waals surface area contributed by atoms with E-state index >= 15 is 0 Å². The quantitative estimate of drug-likeness (QED) is 0.860. The summed E-state index contributed by atoms with van der Waals surface area (Å²) in [4.78, 5) is 22.9. The molecule has 0 atom stereocenters. The Hall–Kier alpha value is -2.82. The summed E-state index contributed by atoms with van der Waals surface area (Å²) in [6.07, 6.45) is -0.659. The van der Waals surface area contributed by atoms with Gasteiger partial charge in [-0.1, -0.05) is 60.7 Å². The number of carbonyl (C=O) groups is 2. The van der Waals surface area contributed by atoms with Crippen molar-refractivity contribution in [2.24, 2.45) is 0 Å². The molecule has 0 heterocycles. The maximum atomic E-state index is 11.7. The van der Waals surface area contributed by atoms with Crippen LogP contribution >= 0.6 is 0 Å². The number of aliphatic carboxylic acids is 1. The molecule has 1 amide bonds. The maximum absolute atomic E-state index is 11.7. The Bertz CT molecular complexity index is 613. The van der Waals surface area contributed by atoms with Gasteiger partial charge in [-0.3, -0.25) is 0 Å². The zero-order valence-electron chi connectivity index (χ0n) is 11.9. The van der Waals surface area contributed by atoms with Crippen LogP contribution < -0.4 is 5.32 Å². The van der Waals surface area contributed by atoms with Crippen molar-refractivity contribution in [3.8, 4) is 0 Å². The molecule has 22 heavy (non-hydrogen) atoms. The Labute approximate surface area is 128 Å². The van der Waals surface area contributed by atoms with Gasteiger partial charge in [0.2, 0.25) is 0 Å². The molecule has 0 fully saturated rings. The summed E-state index contributed by atoms with van der Waals surface area (Å²) in [6, 6.07) is 18.1. The fourth-order valence-electron chi connectivity index (χ4n) is 1.86. The third-order valence-electron chi connectivity index (χ3n) is 2.95. The normalized spacial score (nSPS) is 10.2. The minimum atomic E-state index is -1.18. The van der Waals surface area contributed by atoms with Crippen LogP contribution in [0.15, 0.2) is 60.7 Å². The topological polar surface area (TPSA) is 75.6 Å². The molecule has 2 rings (SSSR count). The summed E-state index contributed by atoms with van der Waals surface area (Å²) in [7, 11) is 0. The average Bonchev–Trinajstić information content (AvgIpc) is 2.54. The zero-order chi connectivity index (χ0) is 15.8. The number of hydrogen-bond acceptors (Lipinski definition) is 3. The van der Waals surface area contributed by atoms with Crippen LogP contribution in [0.1, 0.15) is 11.1 Å². The molecule has 0 saturated carbocycles. The highest BCUT2D eigenvalue weighted by Gasteiger charge is 2.22. The van der Waals surface area contributed by atoms with E-state index in [4.69, 9.17) is 9.84 Å². The van der Waals surface area contributed by atoms with Gasteiger partial charge in [0.15, 0.2) is 6.04 Å². The molecule has 0 aliphatic rings. The Morgan fingerprint density at radius 2 is 1.45 bits per heavy atom. The molecule has 1 radical (unpaired) electrons. The molecule has 0 bridgehead atoms. The molecular formula is C17H16NO4. The predicted octanol–water partition coefficient (Wildman–Crippen LogP) is 2.77. The second-order valence-electron chi connectivity index (χ2n) is 4.63. The summed E-state index contributed by atoms with van der Waals surface area (Å²) in [5.74, 6) is -1.18. The van der Waals surface area contributed by atoms with E-state index in [2.05, 4.69) is 5.32 Å². The number of amides is 1. The van der Waals surface area contributed by atoms with Crippen molar-refractivity contribution in [1.29, 1.82) is 0 Å². The number of alkyl carbamates (subject to hydrolysis) is 1. The second kappa shape index (κ2) is 7.83. The lowest BCUT2D eigenvalue weighted by atomic mass is 10.1. The van der Waals surface area contributed by atoms with Crippen LogP contribution in [0.4, 0.5) is 4.79 Å². The smallest absolute Gasteiger partial charge is 0.408 e. The Morgan fingerprint density at radius 1 is 0.909 bits per heavy atom. The van der Waals surface area contributed by atoms with Gasteiger partial charge in [0.1, 0.15) is 6.61 Å². The van der Waals surface area contributed by atoms with E-state index in [0.29, 0.717) is 0 Å². The van der Waals surface area contributed by atoms with Crippen molar-refractivity contribution in [2.45, 2.75) is 13.0 Å². The number of carboxylic acids is 1. The van der Waals surface area contributed by atoms with E-state index in [1.807, 2.05) is 48.5 Å². The van der Waals surface area contributed by atoms with Gasteiger partial charge in [-0.2, -0.15) is 0 Å². The minimum absolute atomic E-state index is 0.0882. The molecule has 0 unspecified atom stereocenters. The van der Waals surface area contributed by atoms with Gasteiger partial charge in [0.05, 0.1) is 0 Å². The molecule has 2 N–H and O–H groups in total. The zero-order valence-corrected chi connectivity index (χ0v) is 11.9. The molecule has 113 valence electrons. The van der Waals surface area contributed by atoms with Gasteiger partial charge in [0, 0.05) is 6.42 Å². The highest BCUT2D eigenvalue weighted by Crippen LogP contribution is 2.09. The molecule has 0 aliphatic heterocycles. The maximum Gasteiger partial charge on any atom is 0.408 e. The third kappa shape index (κ3) is 4.94. The van der Waals surface area contributed by atoms with Crippen LogP contribution in [-0.4, -0.2) is 17.2 Å². The fourth-order valence-corrected chi connectivity index (χ4v) is 1.86.